The minimum absolute atomic E-state index is 0.0498. The van der Waals surface area contributed by atoms with Gasteiger partial charge in [0, 0.05) is 18.2 Å². The largest absolute Gasteiger partial charge is 0.389 e. The molecule has 19 heavy (non-hydrogen) atoms. The van der Waals surface area contributed by atoms with Crippen LogP contribution < -0.4 is 5.32 Å². The Labute approximate surface area is 113 Å². The molecule has 1 rings (SSSR count). The predicted octanol–water partition coefficient (Wildman–Crippen LogP) is 5.09. The molecule has 108 valence electrons. The quantitative estimate of drug-likeness (QED) is 0.761. The highest BCUT2D eigenvalue weighted by Gasteiger charge is 2.26. The molecule has 0 saturated carbocycles. The lowest BCUT2D eigenvalue weighted by atomic mass is 10.0. The van der Waals surface area contributed by atoms with Crippen LogP contribution in [0.5, 0.6) is 0 Å². The van der Waals surface area contributed by atoms with Crippen LogP contribution in [0.2, 0.25) is 0 Å². The van der Waals surface area contributed by atoms with Gasteiger partial charge in [-0.05, 0) is 44.2 Å². The number of aryl methyl sites for hydroxylation is 2. The fourth-order valence-electron chi connectivity index (χ4n) is 2.16. The average molecular weight is 273 g/mol. The van der Waals surface area contributed by atoms with Crippen molar-refractivity contribution in [3.63, 3.8) is 0 Å². The summed E-state index contributed by atoms with van der Waals surface area (Å²) in [4.78, 5) is 0. The van der Waals surface area contributed by atoms with Gasteiger partial charge in [-0.1, -0.05) is 25.1 Å². The molecule has 0 bridgehead atoms. The summed E-state index contributed by atoms with van der Waals surface area (Å²) >= 11 is 0. The Morgan fingerprint density at radius 1 is 1.26 bits per heavy atom. The number of rotatable bonds is 6. The molecule has 1 nitrogen and oxygen atoms in total. The van der Waals surface area contributed by atoms with E-state index in [0.29, 0.717) is 6.42 Å². The molecule has 0 aromatic heterocycles. The maximum absolute atomic E-state index is 12.1. The summed E-state index contributed by atoms with van der Waals surface area (Å²) in [6.45, 7) is 6.03. The number of hydrogen-bond donors (Lipinski definition) is 1. The molecule has 1 unspecified atom stereocenters. The lowest BCUT2D eigenvalue weighted by Gasteiger charge is -2.20. The third kappa shape index (κ3) is 5.53. The molecule has 4 heteroatoms. The third-order valence-corrected chi connectivity index (χ3v) is 3.23. The Bertz CT molecular complexity index is 399. The first-order chi connectivity index (χ1) is 8.83. The fraction of sp³-hybridized carbons (Fsp3) is 0.600. The molecule has 0 amide bonds. The van der Waals surface area contributed by atoms with Gasteiger partial charge in [0.25, 0.3) is 0 Å². The molecule has 0 aliphatic heterocycles. The van der Waals surface area contributed by atoms with Gasteiger partial charge < -0.3 is 5.32 Å². The summed E-state index contributed by atoms with van der Waals surface area (Å²) in [5.74, 6) is 0. The minimum Gasteiger partial charge on any atom is -0.382 e. The van der Waals surface area contributed by atoms with E-state index in [1.165, 1.54) is 5.56 Å². The van der Waals surface area contributed by atoms with Gasteiger partial charge in [-0.2, -0.15) is 13.2 Å². The topological polar surface area (TPSA) is 12.0 Å². The highest BCUT2D eigenvalue weighted by molar-refractivity contribution is 5.57. The lowest BCUT2D eigenvalue weighted by Crippen LogP contribution is -2.18. The Hall–Kier alpha value is -1.19. The molecule has 0 heterocycles. The van der Waals surface area contributed by atoms with Gasteiger partial charge >= 0.3 is 6.18 Å². The first kappa shape index (κ1) is 15.9. The number of anilines is 1. The Kier molecular flexibility index (Phi) is 5.70. The molecule has 1 aromatic rings. The first-order valence-electron chi connectivity index (χ1n) is 6.75. The molecule has 0 aliphatic rings. The summed E-state index contributed by atoms with van der Waals surface area (Å²) in [5, 5.41) is 3.35. The van der Waals surface area contributed by atoms with Crippen LogP contribution in [-0.2, 0) is 6.42 Å². The van der Waals surface area contributed by atoms with E-state index < -0.39 is 12.6 Å². The first-order valence-corrected chi connectivity index (χ1v) is 6.75. The lowest BCUT2D eigenvalue weighted by molar-refractivity contribution is -0.135. The molecular weight excluding hydrogens is 251 g/mol. The van der Waals surface area contributed by atoms with Crippen molar-refractivity contribution in [3.05, 3.63) is 29.3 Å². The average Bonchev–Trinajstić information content (AvgIpc) is 2.30. The minimum atomic E-state index is -4.04. The fourth-order valence-corrected chi connectivity index (χ4v) is 2.16. The van der Waals surface area contributed by atoms with Crippen molar-refractivity contribution in [2.75, 3.05) is 5.32 Å². The standard InChI is InChI=1S/C15H22F3N/c1-4-13-9-5-7-11(2)14(13)19-12(3)8-6-10-15(16,17)18/h5,7,9,12,19H,4,6,8,10H2,1-3H3. The van der Waals surface area contributed by atoms with E-state index in [2.05, 4.69) is 18.3 Å². The number of alkyl halides is 3. The van der Waals surface area contributed by atoms with Crippen LogP contribution in [0.3, 0.4) is 0 Å². The van der Waals surface area contributed by atoms with E-state index in [1.807, 2.05) is 26.0 Å². The van der Waals surface area contributed by atoms with Crippen LogP contribution in [0, 0.1) is 6.92 Å². The predicted molar refractivity (Wildman–Crippen MR) is 73.5 cm³/mol. The molecule has 1 aromatic carbocycles. The van der Waals surface area contributed by atoms with Crippen molar-refractivity contribution in [1.82, 2.24) is 0 Å². The number of para-hydroxylation sites is 1. The maximum Gasteiger partial charge on any atom is 0.389 e. The van der Waals surface area contributed by atoms with Crippen LogP contribution in [0.1, 0.15) is 44.2 Å². The normalized spacial score (nSPS) is 13.4. The molecule has 0 radical (unpaired) electrons. The number of halogens is 3. The van der Waals surface area contributed by atoms with Crippen molar-refractivity contribution < 1.29 is 13.2 Å². The maximum atomic E-state index is 12.1. The second-order valence-corrected chi connectivity index (χ2v) is 5.02. The summed E-state index contributed by atoms with van der Waals surface area (Å²) in [5.41, 5.74) is 3.43. The zero-order valence-corrected chi connectivity index (χ0v) is 11.8. The van der Waals surface area contributed by atoms with Crippen LogP contribution in [-0.4, -0.2) is 12.2 Å². The van der Waals surface area contributed by atoms with Crippen LogP contribution in [0.4, 0.5) is 18.9 Å². The Morgan fingerprint density at radius 2 is 1.95 bits per heavy atom. The van der Waals surface area contributed by atoms with Gasteiger partial charge in [0.15, 0.2) is 0 Å². The van der Waals surface area contributed by atoms with Crippen molar-refractivity contribution in [2.24, 2.45) is 0 Å². The third-order valence-electron chi connectivity index (χ3n) is 3.23. The van der Waals surface area contributed by atoms with Crippen LogP contribution >= 0.6 is 0 Å². The zero-order valence-electron chi connectivity index (χ0n) is 11.8. The van der Waals surface area contributed by atoms with Gasteiger partial charge in [0.05, 0.1) is 0 Å². The van der Waals surface area contributed by atoms with Gasteiger partial charge in [-0.3, -0.25) is 0 Å². The molecule has 0 saturated heterocycles. The second kappa shape index (κ2) is 6.83. The summed E-state index contributed by atoms with van der Waals surface area (Å²) in [6, 6.07) is 6.13. The van der Waals surface area contributed by atoms with Gasteiger partial charge in [0.2, 0.25) is 0 Å². The molecule has 0 aliphatic carbocycles. The van der Waals surface area contributed by atoms with Crippen LogP contribution in [0.25, 0.3) is 0 Å². The highest BCUT2D eigenvalue weighted by atomic mass is 19.4. The Morgan fingerprint density at radius 3 is 2.53 bits per heavy atom. The molecule has 1 N–H and O–H groups in total. The number of hydrogen-bond acceptors (Lipinski definition) is 1. The smallest absolute Gasteiger partial charge is 0.382 e. The van der Waals surface area contributed by atoms with E-state index in [9.17, 15) is 13.2 Å². The van der Waals surface area contributed by atoms with E-state index in [0.717, 1.165) is 17.7 Å². The molecule has 0 fully saturated rings. The van der Waals surface area contributed by atoms with E-state index in [4.69, 9.17) is 0 Å². The second-order valence-electron chi connectivity index (χ2n) is 5.02. The highest BCUT2D eigenvalue weighted by Crippen LogP contribution is 2.25. The van der Waals surface area contributed by atoms with Crippen molar-refractivity contribution >= 4 is 5.69 Å². The van der Waals surface area contributed by atoms with Gasteiger partial charge in [0.1, 0.15) is 0 Å². The monoisotopic (exact) mass is 273 g/mol. The summed E-state index contributed by atoms with van der Waals surface area (Å²) < 4.78 is 36.3. The van der Waals surface area contributed by atoms with Crippen molar-refractivity contribution in [3.8, 4) is 0 Å². The van der Waals surface area contributed by atoms with Crippen molar-refractivity contribution in [1.29, 1.82) is 0 Å². The SMILES string of the molecule is CCc1cccc(C)c1NC(C)CCCC(F)(F)F. The molecule has 0 spiro atoms. The number of benzene rings is 1. The van der Waals surface area contributed by atoms with E-state index in [1.54, 1.807) is 0 Å². The van der Waals surface area contributed by atoms with E-state index in [-0.39, 0.29) is 12.5 Å². The van der Waals surface area contributed by atoms with Gasteiger partial charge in [-0.25, -0.2) is 0 Å². The summed E-state index contributed by atoms with van der Waals surface area (Å²) in [7, 11) is 0. The molecule has 1 atom stereocenters. The van der Waals surface area contributed by atoms with Crippen LogP contribution in [0.15, 0.2) is 18.2 Å². The zero-order chi connectivity index (χ0) is 14.5. The van der Waals surface area contributed by atoms with Crippen molar-refractivity contribution in [2.45, 2.75) is 58.7 Å². The number of nitrogens with one attached hydrogen (secondary N) is 1. The van der Waals surface area contributed by atoms with Gasteiger partial charge in [-0.15, -0.1) is 0 Å². The van der Waals surface area contributed by atoms with E-state index >= 15 is 0 Å². The Balaban J connectivity index is 2.55. The molecular formula is C15H22F3N. The summed E-state index contributed by atoms with van der Waals surface area (Å²) in [6.07, 6.45) is -3.13.